The Morgan fingerprint density at radius 2 is 2.00 bits per heavy atom. The number of rotatable bonds is 5. The van der Waals surface area contributed by atoms with E-state index in [1.807, 2.05) is 6.92 Å². The molecule has 0 fully saturated rings. The number of hydrogen-bond donors (Lipinski definition) is 1. The Kier molecular flexibility index (Phi) is 4.91. The second kappa shape index (κ2) is 5.98. The molecule has 0 aliphatic carbocycles. The lowest BCUT2D eigenvalue weighted by molar-refractivity contribution is 0.627. The molecule has 1 aromatic rings. The molecule has 0 saturated heterocycles. The monoisotopic (exact) mass is 229 g/mol. The van der Waals surface area contributed by atoms with Crippen LogP contribution < -0.4 is 5.73 Å². The first-order valence-corrected chi connectivity index (χ1v) is 6.45. The Balaban J connectivity index is 2.48. The van der Waals surface area contributed by atoms with Crippen molar-refractivity contribution in [3.8, 4) is 0 Å². The van der Waals surface area contributed by atoms with Gasteiger partial charge in [0.05, 0.1) is 0 Å². The first-order chi connectivity index (χ1) is 7.11. The minimum atomic E-state index is -0.955. The summed E-state index contributed by atoms with van der Waals surface area (Å²) in [4.78, 5) is 0. The molecule has 15 heavy (non-hydrogen) atoms. The van der Waals surface area contributed by atoms with Gasteiger partial charge in [0.1, 0.15) is 5.82 Å². The van der Waals surface area contributed by atoms with E-state index in [0.717, 1.165) is 12.0 Å². The molecule has 2 atom stereocenters. The number of nitrogens with two attached hydrogens (primary N) is 1. The largest absolute Gasteiger partial charge is 0.327 e. The van der Waals surface area contributed by atoms with E-state index >= 15 is 0 Å². The van der Waals surface area contributed by atoms with Gasteiger partial charge in [0, 0.05) is 28.3 Å². The Labute approximate surface area is 92.1 Å². The van der Waals surface area contributed by atoms with Crippen LogP contribution in [0.1, 0.15) is 18.9 Å². The van der Waals surface area contributed by atoms with Crippen LogP contribution in [0.4, 0.5) is 4.39 Å². The van der Waals surface area contributed by atoms with Crippen molar-refractivity contribution in [2.24, 2.45) is 5.73 Å². The third-order valence-corrected chi connectivity index (χ3v) is 3.62. The van der Waals surface area contributed by atoms with Crippen molar-refractivity contribution in [2.45, 2.75) is 25.1 Å². The van der Waals surface area contributed by atoms with E-state index in [-0.39, 0.29) is 11.9 Å². The summed E-state index contributed by atoms with van der Waals surface area (Å²) in [7, 11) is -0.955. The van der Waals surface area contributed by atoms with E-state index in [2.05, 4.69) is 0 Å². The summed E-state index contributed by atoms with van der Waals surface area (Å²) in [5.41, 5.74) is 6.59. The van der Waals surface area contributed by atoms with Crippen molar-refractivity contribution in [1.29, 1.82) is 0 Å². The van der Waals surface area contributed by atoms with Crippen LogP contribution in [-0.4, -0.2) is 16.0 Å². The van der Waals surface area contributed by atoms with Gasteiger partial charge in [0.2, 0.25) is 0 Å². The summed E-state index contributed by atoms with van der Waals surface area (Å²) in [6.07, 6.45) is 0.829. The fourth-order valence-corrected chi connectivity index (χ4v) is 2.58. The molecule has 0 aliphatic heterocycles. The Morgan fingerprint density at radius 3 is 2.53 bits per heavy atom. The van der Waals surface area contributed by atoms with E-state index in [0.29, 0.717) is 11.5 Å². The number of benzene rings is 1. The van der Waals surface area contributed by atoms with Gasteiger partial charge in [-0.2, -0.15) is 0 Å². The Hall–Kier alpha value is -0.740. The van der Waals surface area contributed by atoms with Gasteiger partial charge in [-0.1, -0.05) is 19.1 Å². The average Bonchev–Trinajstić information content (AvgIpc) is 2.21. The predicted molar refractivity (Wildman–Crippen MR) is 61.4 cm³/mol. The predicted octanol–water partition coefficient (Wildman–Crippen LogP) is 1.81. The summed E-state index contributed by atoms with van der Waals surface area (Å²) >= 11 is 0. The molecular weight excluding hydrogens is 213 g/mol. The van der Waals surface area contributed by atoms with Crippen LogP contribution in [0.25, 0.3) is 0 Å². The van der Waals surface area contributed by atoms with Crippen LogP contribution in [-0.2, 0) is 16.6 Å². The van der Waals surface area contributed by atoms with E-state index in [1.54, 1.807) is 12.1 Å². The van der Waals surface area contributed by atoms with Crippen LogP contribution in [0.15, 0.2) is 24.3 Å². The van der Waals surface area contributed by atoms with Crippen molar-refractivity contribution in [2.75, 3.05) is 5.75 Å². The molecule has 0 bridgehead atoms. The molecular formula is C11H16FNOS. The van der Waals surface area contributed by atoms with Crippen molar-refractivity contribution in [1.82, 2.24) is 0 Å². The second-order valence-corrected chi connectivity index (χ2v) is 5.05. The topological polar surface area (TPSA) is 43.1 Å². The minimum absolute atomic E-state index is 0.00807. The summed E-state index contributed by atoms with van der Waals surface area (Å²) in [5.74, 6) is 0.691. The molecule has 1 rings (SSSR count). The minimum Gasteiger partial charge on any atom is -0.327 e. The van der Waals surface area contributed by atoms with Crippen molar-refractivity contribution >= 4 is 10.8 Å². The van der Waals surface area contributed by atoms with Gasteiger partial charge in [-0.25, -0.2) is 4.39 Å². The van der Waals surface area contributed by atoms with Gasteiger partial charge in [0.15, 0.2) is 0 Å². The molecule has 0 heterocycles. The van der Waals surface area contributed by atoms with Gasteiger partial charge in [0.25, 0.3) is 0 Å². The Morgan fingerprint density at radius 1 is 1.40 bits per heavy atom. The van der Waals surface area contributed by atoms with Gasteiger partial charge in [-0.15, -0.1) is 0 Å². The maximum Gasteiger partial charge on any atom is 0.123 e. The van der Waals surface area contributed by atoms with Crippen LogP contribution in [0.5, 0.6) is 0 Å². The summed E-state index contributed by atoms with van der Waals surface area (Å²) in [5, 5.41) is 0. The molecule has 0 aliphatic rings. The lowest BCUT2D eigenvalue weighted by Gasteiger charge is -2.08. The van der Waals surface area contributed by atoms with Crippen LogP contribution in [0.3, 0.4) is 0 Å². The van der Waals surface area contributed by atoms with E-state index in [9.17, 15) is 8.60 Å². The zero-order valence-corrected chi connectivity index (χ0v) is 9.60. The van der Waals surface area contributed by atoms with E-state index in [4.69, 9.17) is 5.73 Å². The maximum atomic E-state index is 12.6. The summed E-state index contributed by atoms with van der Waals surface area (Å²) in [6.45, 7) is 1.97. The molecule has 2 unspecified atom stereocenters. The molecule has 4 heteroatoms. The average molecular weight is 229 g/mol. The van der Waals surface area contributed by atoms with Crippen molar-refractivity contribution in [3.63, 3.8) is 0 Å². The summed E-state index contributed by atoms with van der Waals surface area (Å²) < 4.78 is 24.2. The van der Waals surface area contributed by atoms with Crippen molar-refractivity contribution in [3.05, 3.63) is 35.6 Å². The Bertz CT molecular complexity index is 326. The third-order valence-electron chi connectivity index (χ3n) is 2.17. The zero-order chi connectivity index (χ0) is 11.3. The first kappa shape index (κ1) is 12.3. The highest BCUT2D eigenvalue weighted by Gasteiger charge is 2.06. The quantitative estimate of drug-likeness (QED) is 0.836. The van der Waals surface area contributed by atoms with Crippen LogP contribution in [0, 0.1) is 5.82 Å². The van der Waals surface area contributed by atoms with Crippen LogP contribution >= 0.6 is 0 Å². The highest BCUT2D eigenvalue weighted by atomic mass is 32.2. The molecule has 1 aromatic carbocycles. The normalized spacial score (nSPS) is 14.9. The van der Waals surface area contributed by atoms with Crippen LogP contribution in [0.2, 0.25) is 0 Å². The number of hydrogen-bond acceptors (Lipinski definition) is 2. The zero-order valence-electron chi connectivity index (χ0n) is 8.78. The van der Waals surface area contributed by atoms with Crippen molar-refractivity contribution < 1.29 is 8.60 Å². The van der Waals surface area contributed by atoms with Gasteiger partial charge < -0.3 is 5.73 Å². The lowest BCUT2D eigenvalue weighted by atomic mass is 10.2. The fraction of sp³-hybridized carbons (Fsp3) is 0.455. The molecule has 0 spiro atoms. The highest BCUT2D eigenvalue weighted by molar-refractivity contribution is 7.84. The highest BCUT2D eigenvalue weighted by Crippen LogP contribution is 2.06. The van der Waals surface area contributed by atoms with Gasteiger partial charge in [-0.05, 0) is 24.1 Å². The maximum absolute atomic E-state index is 12.6. The number of halogens is 1. The van der Waals surface area contributed by atoms with E-state index < -0.39 is 10.8 Å². The molecule has 2 N–H and O–H groups in total. The molecule has 0 saturated carbocycles. The van der Waals surface area contributed by atoms with E-state index in [1.165, 1.54) is 12.1 Å². The molecule has 0 amide bonds. The summed E-state index contributed by atoms with van der Waals surface area (Å²) in [6, 6.07) is 6.07. The standard InChI is InChI=1S/C11H16FNOS/c1-2-11(13)8-15(14)7-9-3-5-10(12)6-4-9/h3-6,11H,2,7-8,13H2,1H3. The fourth-order valence-electron chi connectivity index (χ4n) is 1.18. The van der Waals surface area contributed by atoms with Gasteiger partial charge in [-0.3, -0.25) is 4.21 Å². The molecule has 0 radical (unpaired) electrons. The van der Waals surface area contributed by atoms with Gasteiger partial charge >= 0.3 is 0 Å². The first-order valence-electron chi connectivity index (χ1n) is 4.96. The molecule has 84 valence electrons. The lowest BCUT2D eigenvalue weighted by Crippen LogP contribution is -2.26. The molecule has 0 aromatic heterocycles. The second-order valence-electron chi connectivity index (χ2n) is 3.55. The smallest absolute Gasteiger partial charge is 0.123 e. The SMILES string of the molecule is CCC(N)CS(=O)Cc1ccc(F)cc1. The molecule has 2 nitrogen and oxygen atoms in total. The third kappa shape index (κ3) is 4.53.